The molecule has 0 spiro atoms. The van der Waals surface area contributed by atoms with E-state index in [9.17, 15) is 14.7 Å². The summed E-state index contributed by atoms with van der Waals surface area (Å²) in [5, 5.41) is 18.1. The molecule has 1 atom stereocenters. The maximum absolute atomic E-state index is 13.4. The Balaban J connectivity index is 1.48. The van der Waals surface area contributed by atoms with Crippen molar-refractivity contribution in [2.45, 2.75) is 19.9 Å². The summed E-state index contributed by atoms with van der Waals surface area (Å²) in [6.07, 6.45) is 0. The van der Waals surface area contributed by atoms with Crippen LogP contribution in [0, 0.1) is 6.92 Å². The number of rotatable bonds is 5. The monoisotopic (exact) mass is 482 g/mol. The highest BCUT2D eigenvalue weighted by Gasteiger charge is 2.31. The summed E-state index contributed by atoms with van der Waals surface area (Å²) in [5.74, 6) is -1.14. The van der Waals surface area contributed by atoms with Crippen LogP contribution in [-0.4, -0.2) is 32.9 Å². The van der Waals surface area contributed by atoms with Gasteiger partial charge in [-0.1, -0.05) is 42.5 Å². The molecule has 4 N–H and O–H groups in total. The lowest BCUT2D eigenvalue weighted by atomic mass is 9.92. The minimum atomic E-state index is -1.18. The Kier molecular flexibility index (Phi) is 5.91. The third-order valence-electron chi connectivity index (χ3n) is 5.70. The van der Waals surface area contributed by atoms with Gasteiger partial charge in [0.15, 0.2) is 11.3 Å². The Morgan fingerprint density at radius 2 is 1.75 bits per heavy atom. The van der Waals surface area contributed by atoms with Gasteiger partial charge in [0.1, 0.15) is 17.4 Å². The lowest BCUT2D eigenvalue weighted by molar-refractivity contribution is -0.113. The highest BCUT2D eigenvalue weighted by atomic mass is 16.4. The lowest BCUT2D eigenvalue weighted by Gasteiger charge is -2.27. The number of para-hydroxylation sites is 2. The number of aliphatic imine (C=N–C) groups is 1. The molecule has 5 rings (SSSR count). The van der Waals surface area contributed by atoms with E-state index in [1.54, 1.807) is 6.92 Å². The summed E-state index contributed by atoms with van der Waals surface area (Å²) in [5.41, 5.74) is 3.90. The van der Waals surface area contributed by atoms with E-state index in [0.29, 0.717) is 28.3 Å². The summed E-state index contributed by atoms with van der Waals surface area (Å²) in [4.78, 5) is 37.9. The number of oxazole rings is 1. The van der Waals surface area contributed by atoms with Crippen LogP contribution in [0.2, 0.25) is 0 Å². The van der Waals surface area contributed by atoms with Crippen molar-refractivity contribution in [2.75, 3.05) is 10.6 Å². The molecule has 36 heavy (non-hydrogen) atoms. The number of nitrogens with one attached hydrogen (secondary N) is 3. The maximum atomic E-state index is 13.4. The highest BCUT2D eigenvalue weighted by Crippen LogP contribution is 2.33. The van der Waals surface area contributed by atoms with E-state index in [2.05, 4.69) is 25.9 Å². The normalized spacial score (nSPS) is 15.3. The topological polar surface area (TPSA) is 142 Å². The smallest absolute Gasteiger partial charge is 0.354 e. The number of nitrogens with zero attached hydrogens (tertiary/aromatic N) is 3. The van der Waals surface area contributed by atoms with Crippen molar-refractivity contribution in [3.05, 3.63) is 94.8 Å². The predicted octanol–water partition coefficient (Wildman–Crippen LogP) is 4.25. The van der Waals surface area contributed by atoms with E-state index in [0.717, 1.165) is 11.1 Å². The Bertz CT molecular complexity index is 1520. The van der Waals surface area contributed by atoms with Gasteiger partial charge in [-0.3, -0.25) is 10.1 Å². The summed E-state index contributed by atoms with van der Waals surface area (Å²) in [6, 6.07) is 19.1. The van der Waals surface area contributed by atoms with E-state index in [1.165, 1.54) is 18.2 Å². The van der Waals surface area contributed by atoms with E-state index in [1.807, 2.05) is 55.5 Å². The number of pyridine rings is 1. The molecule has 1 aliphatic rings. The van der Waals surface area contributed by atoms with Gasteiger partial charge in [0.25, 0.3) is 5.91 Å². The fraction of sp³-hybridized carbons (Fsp3) is 0.115. The van der Waals surface area contributed by atoms with Gasteiger partial charge in [-0.25, -0.2) is 14.8 Å². The maximum Gasteiger partial charge on any atom is 0.354 e. The minimum absolute atomic E-state index is 0.128. The number of aromatic carboxylic acids is 1. The van der Waals surface area contributed by atoms with Gasteiger partial charge in [-0.2, -0.15) is 4.98 Å². The van der Waals surface area contributed by atoms with E-state index >= 15 is 0 Å². The first kappa shape index (κ1) is 22.8. The standard InChI is InChI=1S/C26H22N6O4/c1-14-8-3-4-9-16(14)22-21(23(33)30-20-13-7-11-18(28-20)24(34)35)15(2)27-25(31-22)32-26-29-17-10-5-6-12-19(17)36-26/h3-13,22H,1-2H3,(H,34,35)(H,28,30,33)(H2,27,29,31,32). The Morgan fingerprint density at radius 3 is 2.53 bits per heavy atom. The van der Waals surface area contributed by atoms with Crippen molar-refractivity contribution in [2.24, 2.45) is 4.99 Å². The molecule has 10 nitrogen and oxygen atoms in total. The van der Waals surface area contributed by atoms with Crippen molar-refractivity contribution in [1.29, 1.82) is 0 Å². The molecule has 0 saturated carbocycles. The summed E-state index contributed by atoms with van der Waals surface area (Å²) in [6.45, 7) is 3.72. The third-order valence-corrected chi connectivity index (χ3v) is 5.70. The van der Waals surface area contributed by atoms with Crippen molar-refractivity contribution in [3.8, 4) is 0 Å². The van der Waals surface area contributed by atoms with Gasteiger partial charge in [-0.05, 0) is 49.2 Å². The van der Waals surface area contributed by atoms with Gasteiger partial charge in [0.05, 0.1) is 5.57 Å². The Labute approximate surface area is 205 Å². The van der Waals surface area contributed by atoms with Crippen molar-refractivity contribution in [3.63, 3.8) is 0 Å². The number of hydrogen-bond donors (Lipinski definition) is 4. The molecule has 10 heteroatoms. The van der Waals surface area contributed by atoms with Crippen LogP contribution in [-0.2, 0) is 4.79 Å². The fourth-order valence-corrected chi connectivity index (χ4v) is 3.99. The van der Waals surface area contributed by atoms with Crippen LogP contribution in [0.15, 0.2) is 87.4 Å². The number of carboxylic acid groups (broad SMARTS) is 1. The van der Waals surface area contributed by atoms with Gasteiger partial charge in [0, 0.05) is 5.70 Å². The molecule has 2 aromatic heterocycles. The number of carbonyl (C=O) groups excluding carboxylic acids is 1. The Hall–Kier alpha value is -4.99. The third kappa shape index (κ3) is 4.51. The van der Waals surface area contributed by atoms with E-state index in [4.69, 9.17) is 9.41 Å². The zero-order valence-corrected chi connectivity index (χ0v) is 19.4. The minimum Gasteiger partial charge on any atom is -0.477 e. The predicted molar refractivity (Wildman–Crippen MR) is 135 cm³/mol. The molecule has 0 radical (unpaired) electrons. The van der Waals surface area contributed by atoms with Crippen LogP contribution in [0.5, 0.6) is 0 Å². The van der Waals surface area contributed by atoms with E-state index < -0.39 is 17.9 Å². The number of anilines is 2. The summed E-state index contributed by atoms with van der Waals surface area (Å²) in [7, 11) is 0. The van der Waals surface area contributed by atoms with Crippen LogP contribution in [0.1, 0.15) is 34.6 Å². The number of carboxylic acids is 1. The average molecular weight is 483 g/mol. The largest absolute Gasteiger partial charge is 0.477 e. The molecule has 1 unspecified atom stereocenters. The first-order valence-electron chi connectivity index (χ1n) is 11.1. The number of hydrogen-bond acceptors (Lipinski definition) is 8. The number of guanidine groups is 1. The number of aromatic nitrogens is 2. The zero-order chi connectivity index (χ0) is 25.2. The van der Waals surface area contributed by atoms with E-state index in [-0.39, 0.29) is 17.5 Å². The molecule has 0 aliphatic carbocycles. The van der Waals surface area contributed by atoms with Gasteiger partial charge < -0.3 is 20.2 Å². The first-order valence-corrected chi connectivity index (χ1v) is 11.1. The number of allylic oxidation sites excluding steroid dienone is 1. The van der Waals surface area contributed by atoms with Crippen LogP contribution in [0.25, 0.3) is 11.1 Å². The SMILES string of the molecule is CC1=C(C(=O)Nc2cccc(C(=O)O)n2)C(c2ccccc2C)N=C(Nc2nc3ccccc3o2)N1. The number of aryl methyl sites for hydroxylation is 1. The molecular weight excluding hydrogens is 460 g/mol. The summed E-state index contributed by atoms with van der Waals surface area (Å²) < 4.78 is 5.76. The second kappa shape index (κ2) is 9.34. The molecule has 1 aliphatic heterocycles. The fourth-order valence-electron chi connectivity index (χ4n) is 3.99. The molecule has 2 aromatic carbocycles. The molecule has 180 valence electrons. The molecule has 3 heterocycles. The quantitative estimate of drug-likeness (QED) is 0.331. The van der Waals surface area contributed by atoms with Crippen LogP contribution in [0.3, 0.4) is 0 Å². The lowest BCUT2D eigenvalue weighted by Crippen LogP contribution is -2.37. The second-order valence-electron chi connectivity index (χ2n) is 8.18. The molecule has 0 saturated heterocycles. The molecule has 4 aromatic rings. The van der Waals surface area contributed by atoms with Gasteiger partial charge >= 0.3 is 12.0 Å². The number of amides is 1. The van der Waals surface area contributed by atoms with Crippen molar-refractivity contribution < 1.29 is 19.1 Å². The Morgan fingerprint density at radius 1 is 0.972 bits per heavy atom. The van der Waals surface area contributed by atoms with Crippen LogP contribution >= 0.6 is 0 Å². The second-order valence-corrected chi connectivity index (χ2v) is 8.18. The number of benzene rings is 2. The van der Waals surface area contributed by atoms with Crippen LogP contribution < -0.4 is 16.0 Å². The summed E-state index contributed by atoms with van der Waals surface area (Å²) >= 11 is 0. The highest BCUT2D eigenvalue weighted by molar-refractivity contribution is 6.07. The van der Waals surface area contributed by atoms with Crippen LogP contribution in [0.4, 0.5) is 11.8 Å². The molecule has 0 bridgehead atoms. The molecule has 0 fully saturated rings. The first-order chi connectivity index (χ1) is 17.4. The van der Waals surface area contributed by atoms with Crippen molar-refractivity contribution >= 4 is 40.8 Å². The number of carbonyl (C=O) groups is 2. The molecule has 1 amide bonds. The molecular formula is C26H22N6O4. The average Bonchev–Trinajstić information content (AvgIpc) is 3.26. The zero-order valence-electron chi connectivity index (χ0n) is 19.4. The van der Waals surface area contributed by atoms with Gasteiger partial charge in [-0.15, -0.1) is 0 Å². The number of fused-ring (bicyclic) bond motifs is 1. The van der Waals surface area contributed by atoms with Gasteiger partial charge in [0.2, 0.25) is 5.96 Å². The van der Waals surface area contributed by atoms with Crippen molar-refractivity contribution in [1.82, 2.24) is 15.3 Å².